The van der Waals surface area contributed by atoms with Crippen molar-refractivity contribution in [3.8, 4) is 11.8 Å². The molecule has 206 valence electrons. The van der Waals surface area contributed by atoms with E-state index in [0.29, 0.717) is 24.9 Å². The summed E-state index contributed by atoms with van der Waals surface area (Å²) in [6.45, 7) is 11.5. The molecule has 3 saturated heterocycles. The van der Waals surface area contributed by atoms with Gasteiger partial charge in [0.1, 0.15) is 0 Å². The first-order valence-corrected chi connectivity index (χ1v) is 13.9. The minimum absolute atomic E-state index is 0.0163. The normalized spacial score (nSPS) is 26.1. The molecule has 1 aromatic heterocycles. The van der Waals surface area contributed by atoms with Crippen molar-refractivity contribution < 1.29 is 19.0 Å². The van der Waals surface area contributed by atoms with E-state index < -0.39 is 0 Å². The summed E-state index contributed by atoms with van der Waals surface area (Å²) in [5, 5.41) is 11.6. The molecule has 1 amide bonds. The SMILES string of the molecule is COCCNCC#Cc1cn([C@H](C)C[C@@H]2CC[C@H]([C@@H](C)C(=O)N3CCN(CC4CCCO4)CC3)O2)nn1. The van der Waals surface area contributed by atoms with Crippen LogP contribution in [-0.2, 0) is 19.0 Å². The molecular weight excluding hydrogens is 472 g/mol. The Bertz CT molecular complexity index is 900. The number of nitrogens with one attached hydrogen (secondary N) is 1. The lowest BCUT2D eigenvalue weighted by Crippen LogP contribution is -2.52. The van der Waals surface area contributed by atoms with E-state index in [4.69, 9.17) is 14.2 Å². The third kappa shape index (κ3) is 8.23. The summed E-state index contributed by atoms with van der Waals surface area (Å²) >= 11 is 0. The van der Waals surface area contributed by atoms with E-state index in [2.05, 4.69) is 39.3 Å². The summed E-state index contributed by atoms with van der Waals surface area (Å²) in [5.74, 6) is 6.22. The molecule has 5 atom stereocenters. The van der Waals surface area contributed by atoms with Gasteiger partial charge >= 0.3 is 0 Å². The standard InChI is InChI=1S/C27H44N6O4/c1-21(33-19-23(29-30-33)6-4-10-28-11-17-35-3)18-24-8-9-26(37-24)22(2)27(34)32-14-12-31(13-15-32)20-25-7-5-16-36-25/h19,21-22,24-26,28H,5,7-18,20H2,1-3H3/t21-,22-,24+,25?,26-/m1/s1. The Labute approximate surface area is 221 Å². The number of hydrogen-bond acceptors (Lipinski definition) is 8. The predicted molar refractivity (Wildman–Crippen MR) is 140 cm³/mol. The number of methoxy groups -OCH3 is 1. The van der Waals surface area contributed by atoms with Gasteiger partial charge in [0, 0.05) is 53.0 Å². The van der Waals surface area contributed by atoms with E-state index in [1.165, 1.54) is 6.42 Å². The second kappa shape index (κ2) is 14.2. The highest BCUT2D eigenvalue weighted by molar-refractivity contribution is 5.79. The molecule has 1 N–H and O–H groups in total. The van der Waals surface area contributed by atoms with Crippen LogP contribution in [0.15, 0.2) is 6.20 Å². The fraction of sp³-hybridized carbons (Fsp3) is 0.815. The molecule has 0 bridgehead atoms. The summed E-state index contributed by atoms with van der Waals surface area (Å²) < 4.78 is 19.0. The van der Waals surface area contributed by atoms with Gasteiger partial charge in [0.05, 0.1) is 49.6 Å². The van der Waals surface area contributed by atoms with Crippen LogP contribution in [0.2, 0.25) is 0 Å². The maximum Gasteiger partial charge on any atom is 0.228 e. The molecule has 4 rings (SSSR count). The Morgan fingerprint density at radius 3 is 2.81 bits per heavy atom. The molecular formula is C27H44N6O4. The van der Waals surface area contributed by atoms with Crippen molar-refractivity contribution in [1.29, 1.82) is 0 Å². The van der Waals surface area contributed by atoms with E-state index in [1.54, 1.807) is 7.11 Å². The van der Waals surface area contributed by atoms with E-state index >= 15 is 0 Å². The summed E-state index contributed by atoms with van der Waals surface area (Å²) in [6.07, 6.45) is 7.44. The van der Waals surface area contributed by atoms with Crippen molar-refractivity contribution in [3.05, 3.63) is 11.9 Å². The zero-order valence-corrected chi connectivity index (χ0v) is 22.7. The lowest BCUT2D eigenvalue weighted by molar-refractivity contribution is -0.141. The highest BCUT2D eigenvalue weighted by Gasteiger charge is 2.36. The number of nitrogens with zero attached hydrogens (tertiary/aromatic N) is 5. The molecule has 0 aromatic carbocycles. The van der Waals surface area contributed by atoms with E-state index in [9.17, 15) is 4.79 Å². The summed E-state index contributed by atoms with van der Waals surface area (Å²) in [4.78, 5) is 17.7. The molecule has 4 heterocycles. The average molecular weight is 517 g/mol. The molecule has 0 radical (unpaired) electrons. The smallest absolute Gasteiger partial charge is 0.228 e. The summed E-state index contributed by atoms with van der Waals surface area (Å²) in [6, 6.07) is 0.148. The number of carbonyl (C=O) groups is 1. The van der Waals surface area contributed by atoms with Gasteiger partial charge in [0.15, 0.2) is 5.69 Å². The van der Waals surface area contributed by atoms with Crippen molar-refractivity contribution in [2.24, 2.45) is 5.92 Å². The van der Waals surface area contributed by atoms with Crippen LogP contribution in [-0.4, -0.2) is 115 Å². The molecule has 37 heavy (non-hydrogen) atoms. The topological polar surface area (TPSA) is 94.0 Å². The van der Waals surface area contributed by atoms with Crippen LogP contribution in [0.3, 0.4) is 0 Å². The number of hydrogen-bond donors (Lipinski definition) is 1. The minimum Gasteiger partial charge on any atom is -0.383 e. The number of ether oxygens (including phenoxy) is 3. The lowest BCUT2D eigenvalue weighted by atomic mass is 9.99. The number of piperazine rings is 1. The first-order chi connectivity index (χ1) is 18.0. The highest BCUT2D eigenvalue weighted by Crippen LogP contribution is 2.31. The molecule has 0 aliphatic carbocycles. The Morgan fingerprint density at radius 2 is 2.05 bits per heavy atom. The van der Waals surface area contributed by atoms with Crippen LogP contribution in [0.5, 0.6) is 0 Å². The van der Waals surface area contributed by atoms with Gasteiger partial charge in [-0.05, 0) is 44.9 Å². The fourth-order valence-corrected chi connectivity index (χ4v) is 5.45. The minimum atomic E-state index is -0.115. The first kappa shape index (κ1) is 28.0. The maximum atomic E-state index is 13.2. The molecule has 10 heteroatoms. The van der Waals surface area contributed by atoms with Gasteiger partial charge in [0.25, 0.3) is 0 Å². The molecule has 3 aliphatic rings. The number of amides is 1. The Hall–Kier alpha value is -2.03. The van der Waals surface area contributed by atoms with E-state index in [1.807, 2.05) is 22.7 Å². The zero-order valence-electron chi connectivity index (χ0n) is 22.7. The average Bonchev–Trinajstić information content (AvgIpc) is 3.68. The number of aromatic nitrogens is 3. The van der Waals surface area contributed by atoms with Gasteiger partial charge < -0.3 is 24.4 Å². The van der Waals surface area contributed by atoms with Gasteiger partial charge in [-0.25, -0.2) is 4.68 Å². The second-order valence-corrected chi connectivity index (χ2v) is 10.6. The fourth-order valence-electron chi connectivity index (χ4n) is 5.45. The van der Waals surface area contributed by atoms with Crippen LogP contribution in [0, 0.1) is 17.8 Å². The van der Waals surface area contributed by atoms with Crippen LogP contribution >= 0.6 is 0 Å². The lowest BCUT2D eigenvalue weighted by Gasteiger charge is -2.37. The van der Waals surface area contributed by atoms with Crippen molar-refractivity contribution in [2.45, 2.75) is 70.3 Å². The Morgan fingerprint density at radius 1 is 1.22 bits per heavy atom. The van der Waals surface area contributed by atoms with Crippen molar-refractivity contribution in [3.63, 3.8) is 0 Å². The Balaban J connectivity index is 1.17. The van der Waals surface area contributed by atoms with Gasteiger partial charge in [-0.2, -0.15) is 0 Å². The second-order valence-electron chi connectivity index (χ2n) is 10.6. The highest BCUT2D eigenvalue weighted by atomic mass is 16.5. The van der Waals surface area contributed by atoms with Crippen LogP contribution < -0.4 is 5.32 Å². The molecule has 0 spiro atoms. The molecule has 1 aromatic rings. The predicted octanol–water partition coefficient (Wildman–Crippen LogP) is 1.32. The Kier molecular flexibility index (Phi) is 10.8. The largest absolute Gasteiger partial charge is 0.383 e. The van der Waals surface area contributed by atoms with Crippen molar-refractivity contribution in [2.75, 3.05) is 66.1 Å². The molecule has 3 aliphatic heterocycles. The quantitative estimate of drug-likeness (QED) is 0.348. The van der Waals surface area contributed by atoms with Crippen molar-refractivity contribution in [1.82, 2.24) is 30.1 Å². The maximum absolute atomic E-state index is 13.2. The summed E-state index contributed by atoms with van der Waals surface area (Å²) in [5.41, 5.74) is 0.667. The van der Waals surface area contributed by atoms with E-state index in [-0.39, 0.29) is 30.1 Å². The van der Waals surface area contributed by atoms with Crippen LogP contribution in [0.4, 0.5) is 0 Å². The van der Waals surface area contributed by atoms with Crippen LogP contribution in [0.25, 0.3) is 0 Å². The van der Waals surface area contributed by atoms with Gasteiger partial charge in [-0.1, -0.05) is 18.1 Å². The van der Waals surface area contributed by atoms with Gasteiger partial charge in [0.2, 0.25) is 5.91 Å². The number of rotatable bonds is 11. The van der Waals surface area contributed by atoms with Crippen LogP contribution in [0.1, 0.15) is 57.7 Å². The van der Waals surface area contributed by atoms with Crippen molar-refractivity contribution >= 4 is 5.91 Å². The molecule has 0 saturated carbocycles. The first-order valence-electron chi connectivity index (χ1n) is 13.9. The monoisotopic (exact) mass is 516 g/mol. The third-order valence-electron chi connectivity index (χ3n) is 7.74. The molecule has 10 nitrogen and oxygen atoms in total. The molecule has 1 unspecified atom stereocenters. The molecule has 3 fully saturated rings. The third-order valence-corrected chi connectivity index (χ3v) is 7.74. The number of carbonyl (C=O) groups excluding carboxylic acids is 1. The zero-order chi connectivity index (χ0) is 26.0. The van der Waals surface area contributed by atoms with E-state index in [0.717, 1.165) is 71.6 Å². The summed E-state index contributed by atoms with van der Waals surface area (Å²) in [7, 11) is 1.68. The van der Waals surface area contributed by atoms with Gasteiger partial charge in [-0.3, -0.25) is 9.69 Å². The van der Waals surface area contributed by atoms with Gasteiger partial charge in [-0.15, -0.1) is 5.10 Å².